The number of hydrogen-bond donors (Lipinski definition) is 1. The summed E-state index contributed by atoms with van der Waals surface area (Å²) >= 11 is 1.12. The normalized spacial score (nSPS) is 15.8. The fraction of sp³-hybridized carbons (Fsp3) is 0.290. The molecule has 1 N–H and O–H groups in total. The Hall–Kier alpha value is -2.42. The van der Waals surface area contributed by atoms with Crippen LogP contribution < -0.4 is 18.4 Å². The SMILES string of the molecule is C=CCc1ccc(OCc2ccccc2B2OC(C)(C)C(C)(C)O2)c(-c2cc(CC=C)ccc2O[NH][Po])c1. The molecule has 1 aliphatic rings. The van der Waals surface area contributed by atoms with Gasteiger partial charge >= 0.3 is 205 Å². The van der Waals surface area contributed by atoms with Gasteiger partial charge in [-0.15, -0.1) is 0 Å². The summed E-state index contributed by atoms with van der Waals surface area (Å²) in [7, 11) is -0.456. The molecule has 3 aromatic rings. The second kappa shape index (κ2) is 12.2. The van der Waals surface area contributed by atoms with Crippen LogP contribution in [0.2, 0.25) is 0 Å². The molecular weight excluding hydrogens is 670 g/mol. The number of allylic oxidation sites excluding steroid dienone is 2. The maximum atomic E-state index is 6.52. The van der Waals surface area contributed by atoms with Gasteiger partial charge in [0.05, 0.1) is 11.2 Å². The zero-order valence-electron chi connectivity index (χ0n) is 22.6. The van der Waals surface area contributed by atoms with Crippen LogP contribution in [0, 0.1) is 0 Å². The van der Waals surface area contributed by atoms with Crippen molar-refractivity contribution in [2.45, 2.75) is 58.3 Å². The molecule has 0 unspecified atom stereocenters. The average molecular weight is 705 g/mol. The molecular formula is C31H35BNO4Po. The summed E-state index contributed by atoms with van der Waals surface area (Å²) in [6.45, 7) is 16.4. The molecule has 4 rings (SSSR count). The summed E-state index contributed by atoms with van der Waals surface area (Å²) in [6.07, 6.45) is 5.34. The molecule has 1 aliphatic heterocycles. The van der Waals surface area contributed by atoms with Gasteiger partial charge in [-0.2, -0.15) is 0 Å². The van der Waals surface area contributed by atoms with Crippen LogP contribution in [0.4, 0.5) is 0 Å². The molecule has 197 valence electrons. The van der Waals surface area contributed by atoms with Crippen LogP contribution in [0.3, 0.4) is 0 Å². The minimum absolute atomic E-state index is 0.368. The summed E-state index contributed by atoms with van der Waals surface area (Å²) in [5.74, 6) is 1.51. The zero-order valence-corrected chi connectivity index (χ0v) is 25.8. The molecule has 0 aromatic heterocycles. The van der Waals surface area contributed by atoms with Gasteiger partial charge in [0.15, 0.2) is 0 Å². The van der Waals surface area contributed by atoms with Gasteiger partial charge in [-0.25, -0.2) is 0 Å². The van der Waals surface area contributed by atoms with E-state index in [4.69, 9.17) is 18.9 Å². The predicted molar refractivity (Wildman–Crippen MR) is 156 cm³/mol. The summed E-state index contributed by atoms with van der Waals surface area (Å²) in [4.78, 5) is 5.82. The van der Waals surface area contributed by atoms with E-state index in [2.05, 4.69) is 80.6 Å². The van der Waals surface area contributed by atoms with Crippen LogP contribution in [-0.2, 0) is 28.8 Å². The first-order chi connectivity index (χ1) is 18.2. The standard InChI is InChI=1S/C31H35BNO4.Po/c1-7-11-22-15-17-28(25(19-22)26-20-23(12-8-2)16-18-29(26)35-33)34-21-24-13-9-10-14-27(24)32-36-30(3,4)31(5,6)37-32;/h7-10,13-20,33H,1-2,11-12,21H2,3-6H3;/q-1;+1. The van der Waals surface area contributed by atoms with Crippen molar-refractivity contribution in [1.82, 2.24) is 3.38 Å². The molecule has 1 radical (unpaired) electrons. The number of benzene rings is 3. The summed E-state index contributed by atoms with van der Waals surface area (Å²) in [5, 5.41) is 0. The van der Waals surface area contributed by atoms with E-state index in [1.54, 1.807) is 0 Å². The fourth-order valence-electron chi connectivity index (χ4n) is 4.44. The zero-order chi connectivity index (χ0) is 27.3. The Balaban J connectivity index is 1.70. The third-order valence-electron chi connectivity index (χ3n) is 7.24. The molecule has 0 spiro atoms. The van der Waals surface area contributed by atoms with Crippen LogP contribution in [0.25, 0.3) is 11.1 Å². The van der Waals surface area contributed by atoms with Crippen molar-refractivity contribution in [3.8, 4) is 22.6 Å². The molecule has 5 nitrogen and oxygen atoms in total. The van der Waals surface area contributed by atoms with Gasteiger partial charge < -0.3 is 0 Å². The van der Waals surface area contributed by atoms with Gasteiger partial charge in [0, 0.05) is 0 Å². The van der Waals surface area contributed by atoms with Crippen LogP contribution in [0.1, 0.15) is 44.4 Å². The Morgan fingerprint density at radius 1 is 0.842 bits per heavy atom. The van der Waals surface area contributed by atoms with E-state index in [0.717, 1.165) is 83.0 Å². The first-order valence-corrected chi connectivity index (χ1v) is 14.4. The van der Waals surface area contributed by atoms with Gasteiger partial charge in [-0.05, 0) is 27.7 Å². The Labute approximate surface area is 242 Å². The molecule has 0 bridgehead atoms. The van der Waals surface area contributed by atoms with Gasteiger partial charge in [-0.1, -0.05) is 0 Å². The first kappa shape index (κ1) is 28.6. The Kier molecular flexibility index (Phi) is 9.16. The number of hydrogen-bond acceptors (Lipinski definition) is 5. The molecule has 0 amide bonds. The summed E-state index contributed by atoms with van der Waals surface area (Å²) in [5.41, 5.74) is 5.38. The van der Waals surface area contributed by atoms with Crippen molar-refractivity contribution >= 4 is 37.9 Å². The Morgan fingerprint density at radius 3 is 1.97 bits per heavy atom. The second-order valence-corrected chi connectivity index (χ2v) is 11.1. The summed E-state index contributed by atoms with van der Waals surface area (Å²) < 4.78 is 22.1. The number of nitrogens with one attached hydrogen (secondary N) is 1. The van der Waals surface area contributed by atoms with Gasteiger partial charge in [0.2, 0.25) is 0 Å². The van der Waals surface area contributed by atoms with E-state index in [9.17, 15) is 0 Å². The quantitative estimate of drug-likeness (QED) is 0.159. The van der Waals surface area contributed by atoms with Crippen LogP contribution in [0.5, 0.6) is 11.5 Å². The molecule has 7 heteroatoms. The third-order valence-corrected chi connectivity index (χ3v) is 7.56. The van der Waals surface area contributed by atoms with E-state index >= 15 is 0 Å². The molecule has 1 saturated heterocycles. The van der Waals surface area contributed by atoms with Crippen molar-refractivity contribution in [3.05, 3.63) is 103 Å². The van der Waals surface area contributed by atoms with Crippen LogP contribution in [0.15, 0.2) is 86.0 Å². The first-order valence-electron chi connectivity index (χ1n) is 12.8. The van der Waals surface area contributed by atoms with Gasteiger partial charge in [0.25, 0.3) is 0 Å². The molecule has 0 saturated carbocycles. The molecule has 1 fully saturated rings. The minimum atomic E-state index is -0.456. The summed E-state index contributed by atoms with van der Waals surface area (Å²) in [6, 6.07) is 20.6. The molecule has 3 aromatic carbocycles. The van der Waals surface area contributed by atoms with Gasteiger partial charge in [-0.3, -0.25) is 0 Å². The average Bonchev–Trinajstić information content (AvgIpc) is 3.11. The van der Waals surface area contributed by atoms with Crippen molar-refractivity contribution in [2.75, 3.05) is 0 Å². The monoisotopic (exact) mass is 705 g/mol. The predicted octanol–water partition coefficient (Wildman–Crippen LogP) is 5.66. The number of ether oxygens (including phenoxy) is 1. The molecule has 1 heterocycles. The van der Waals surface area contributed by atoms with Gasteiger partial charge in [0.1, 0.15) is 0 Å². The van der Waals surface area contributed by atoms with Crippen molar-refractivity contribution in [3.63, 3.8) is 0 Å². The van der Waals surface area contributed by atoms with Crippen LogP contribution >= 0.6 is 0 Å². The van der Waals surface area contributed by atoms with E-state index in [0.29, 0.717) is 6.61 Å². The van der Waals surface area contributed by atoms with E-state index in [1.165, 1.54) is 0 Å². The topological polar surface area (TPSA) is 49.0 Å². The third kappa shape index (κ3) is 6.24. The van der Waals surface area contributed by atoms with Crippen molar-refractivity contribution < 1.29 is 18.9 Å². The maximum absolute atomic E-state index is 6.52. The molecule has 0 aliphatic carbocycles. The number of rotatable bonds is 11. The van der Waals surface area contributed by atoms with Crippen molar-refractivity contribution in [2.24, 2.45) is 0 Å². The Bertz CT molecular complexity index is 1290. The van der Waals surface area contributed by atoms with E-state index < -0.39 is 18.3 Å². The Morgan fingerprint density at radius 2 is 1.39 bits per heavy atom. The van der Waals surface area contributed by atoms with E-state index in [1.807, 2.05) is 36.4 Å². The molecule has 0 atom stereocenters. The molecule has 38 heavy (non-hydrogen) atoms. The van der Waals surface area contributed by atoms with Crippen molar-refractivity contribution in [1.29, 1.82) is 0 Å². The fourth-order valence-corrected chi connectivity index (χ4v) is 4.79. The van der Waals surface area contributed by atoms with E-state index in [-0.39, 0.29) is 0 Å². The second-order valence-electron chi connectivity index (χ2n) is 10.4. The van der Waals surface area contributed by atoms with Crippen LogP contribution in [-0.4, -0.2) is 43.7 Å².